The van der Waals surface area contributed by atoms with E-state index in [1.807, 2.05) is 30.3 Å². The fourth-order valence-electron chi connectivity index (χ4n) is 3.56. The maximum Gasteiger partial charge on any atom is 0.329 e. The van der Waals surface area contributed by atoms with Crippen LogP contribution in [0.1, 0.15) is 22.8 Å². The Bertz CT molecular complexity index is 1450. The van der Waals surface area contributed by atoms with E-state index in [9.17, 15) is 19.2 Å². The minimum Gasteiger partial charge on any atom is -0.344 e. The summed E-state index contributed by atoms with van der Waals surface area (Å²) < 4.78 is 2.63. The lowest BCUT2D eigenvalue weighted by Crippen LogP contribution is -2.36. The Kier molecular flexibility index (Phi) is 5.46. The van der Waals surface area contributed by atoms with Gasteiger partial charge in [0.1, 0.15) is 5.52 Å². The van der Waals surface area contributed by atoms with Crippen LogP contribution in [0.2, 0.25) is 0 Å². The molecule has 2 aromatic carbocycles. The molecule has 0 unspecified atom stereocenters. The van der Waals surface area contributed by atoms with Crippen molar-refractivity contribution in [1.29, 1.82) is 0 Å². The number of fused-ring (bicyclic) bond motifs is 1. The highest BCUT2D eigenvalue weighted by Crippen LogP contribution is 2.19. The van der Waals surface area contributed by atoms with E-state index >= 15 is 0 Å². The fraction of sp³-hybridized carbons (Fsp3) is 0.130. The number of nitrogens with zero attached hydrogens (tertiary/aromatic N) is 2. The quantitative estimate of drug-likeness (QED) is 0.449. The summed E-state index contributed by atoms with van der Waals surface area (Å²) in [4.78, 5) is 52.6. The first-order chi connectivity index (χ1) is 15.3. The van der Waals surface area contributed by atoms with Crippen LogP contribution >= 0.6 is 0 Å². The summed E-state index contributed by atoms with van der Waals surface area (Å²) in [6, 6.07) is 15.8. The Morgan fingerprint density at radius 3 is 2.34 bits per heavy atom. The van der Waals surface area contributed by atoms with E-state index in [0.29, 0.717) is 11.4 Å². The van der Waals surface area contributed by atoms with Gasteiger partial charge in [0, 0.05) is 31.5 Å². The van der Waals surface area contributed by atoms with E-state index in [0.717, 1.165) is 10.1 Å². The molecule has 0 saturated carbocycles. The van der Waals surface area contributed by atoms with Crippen LogP contribution in [-0.2, 0) is 18.4 Å². The van der Waals surface area contributed by atoms with Crippen LogP contribution in [0.5, 0.6) is 0 Å². The number of hydrogen-bond acceptors (Lipinski definition) is 4. The Balaban J connectivity index is 1.70. The summed E-state index contributed by atoms with van der Waals surface area (Å²) in [5.41, 5.74) is 1.27. The maximum absolute atomic E-state index is 13.1. The molecule has 0 atom stereocenters. The summed E-state index contributed by atoms with van der Waals surface area (Å²) in [6.07, 6.45) is 1.50. The number of aryl methyl sites for hydroxylation is 1. The predicted octanol–water partition coefficient (Wildman–Crippen LogP) is 2.29. The van der Waals surface area contributed by atoms with E-state index in [1.54, 1.807) is 31.3 Å². The molecule has 9 nitrogen and oxygen atoms in total. The molecule has 0 bridgehead atoms. The number of nitrogens with one attached hydrogen (secondary N) is 3. The first-order valence-corrected chi connectivity index (χ1v) is 9.88. The SMILES string of the molecule is CC(=O)Nc1cccc(NC(=O)c2cn(C)c3c(=O)n(Cc4ccccc4)c(=O)[nH]c23)c1. The smallest absolute Gasteiger partial charge is 0.329 e. The molecule has 2 amide bonds. The second-order valence-corrected chi connectivity index (χ2v) is 7.40. The van der Waals surface area contributed by atoms with Crippen molar-refractivity contribution in [3.05, 3.63) is 92.8 Å². The van der Waals surface area contributed by atoms with Gasteiger partial charge in [-0.3, -0.25) is 19.0 Å². The third-order valence-corrected chi connectivity index (χ3v) is 4.98. The lowest BCUT2D eigenvalue weighted by Gasteiger charge is -2.08. The molecule has 32 heavy (non-hydrogen) atoms. The molecular formula is C23H21N5O4. The van der Waals surface area contributed by atoms with Crippen molar-refractivity contribution in [1.82, 2.24) is 14.1 Å². The van der Waals surface area contributed by atoms with Gasteiger partial charge in [-0.05, 0) is 23.8 Å². The van der Waals surface area contributed by atoms with Gasteiger partial charge in [0.25, 0.3) is 11.5 Å². The summed E-state index contributed by atoms with van der Waals surface area (Å²) >= 11 is 0. The number of rotatable bonds is 5. The highest BCUT2D eigenvalue weighted by molar-refractivity contribution is 6.12. The lowest BCUT2D eigenvalue weighted by atomic mass is 10.2. The third kappa shape index (κ3) is 4.08. The molecule has 2 aromatic heterocycles. The second-order valence-electron chi connectivity index (χ2n) is 7.40. The van der Waals surface area contributed by atoms with Crippen molar-refractivity contribution in [2.24, 2.45) is 7.05 Å². The minimum atomic E-state index is -0.598. The molecule has 0 fully saturated rings. The van der Waals surface area contributed by atoms with Gasteiger partial charge in [0.05, 0.1) is 17.6 Å². The van der Waals surface area contributed by atoms with Crippen LogP contribution in [0, 0.1) is 0 Å². The van der Waals surface area contributed by atoms with Crippen LogP contribution in [0.25, 0.3) is 11.0 Å². The normalized spacial score (nSPS) is 10.8. The topological polar surface area (TPSA) is 118 Å². The Hall–Kier alpha value is -4.40. The first kappa shape index (κ1) is 20.9. The second kappa shape index (κ2) is 8.38. The number of carbonyl (C=O) groups is 2. The van der Waals surface area contributed by atoms with Crippen molar-refractivity contribution < 1.29 is 9.59 Å². The molecule has 0 aliphatic rings. The molecule has 0 aliphatic carbocycles. The molecule has 0 saturated heterocycles. The van der Waals surface area contributed by atoms with Crippen molar-refractivity contribution in [2.75, 3.05) is 10.6 Å². The monoisotopic (exact) mass is 431 g/mol. The Labute approximate surface area is 182 Å². The van der Waals surface area contributed by atoms with Crippen LogP contribution in [-0.4, -0.2) is 25.9 Å². The molecule has 3 N–H and O–H groups in total. The van der Waals surface area contributed by atoms with E-state index < -0.39 is 17.2 Å². The molecular weight excluding hydrogens is 410 g/mol. The van der Waals surface area contributed by atoms with Gasteiger partial charge in [-0.15, -0.1) is 0 Å². The van der Waals surface area contributed by atoms with Gasteiger partial charge in [-0.1, -0.05) is 36.4 Å². The van der Waals surface area contributed by atoms with Gasteiger partial charge >= 0.3 is 5.69 Å². The molecule has 9 heteroatoms. The summed E-state index contributed by atoms with van der Waals surface area (Å²) in [7, 11) is 1.64. The average molecular weight is 431 g/mol. The third-order valence-electron chi connectivity index (χ3n) is 4.98. The zero-order chi connectivity index (χ0) is 22.8. The largest absolute Gasteiger partial charge is 0.344 e. The zero-order valence-corrected chi connectivity index (χ0v) is 17.5. The number of aromatic nitrogens is 3. The van der Waals surface area contributed by atoms with Crippen molar-refractivity contribution in [2.45, 2.75) is 13.5 Å². The van der Waals surface area contributed by atoms with Gasteiger partial charge in [0.15, 0.2) is 0 Å². The van der Waals surface area contributed by atoms with Crippen LogP contribution in [0.4, 0.5) is 11.4 Å². The van der Waals surface area contributed by atoms with Crippen molar-refractivity contribution >= 4 is 34.2 Å². The number of benzene rings is 2. The molecule has 0 aliphatic heterocycles. The number of carbonyl (C=O) groups excluding carboxylic acids is 2. The van der Waals surface area contributed by atoms with E-state index in [-0.39, 0.29) is 29.0 Å². The van der Waals surface area contributed by atoms with Crippen LogP contribution in [0.3, 0.4) is 0 Å². The molecule has 0 radical (unpaired) electrons. The molecule has 0 spiro atoms. The van der Waals surface area contributed by atoms with E-state index in [4.69, 9.17) is 0 Å². The average Bonchev–Trinajstić information content (AvgIpc) is 3.08. The Morgan fingerprint density at radius 2 is 1.66 bits per heavy atom. The molecule has 4 aromatic rings. The standard InChI is InChI=1S/C23H21N5O4/c1-14(29)24-16-9-6-10-17(11-16)25-21(30)18-13-27(2)20-19(18)26-23(32)28(22(20)31)12-15-7-4-3-5-8-15/h3-11,13H,12H2,1-2H3,(H,24,29)(H,25,30)(H,26,32). The predicted molar refractivity (Wildman–Crippen MR) is 122 cm³/mol. The number of hydrogen-bond donors (Lipinski definition) is 3. The number of H-pyrrole nitrogens is 1. The van der Waals surface area contributed by atoms with E-state index in [1.165, 1.54) is 17.7 Å². The highest BCUT2D eigenvalue weighted by atomic mass is 16.2. The fourth-order valence-corrected chi connectivity index (χ4v) is 3.56. The summed E-state index contributed by atoms with van der Waals surface area (Å²) in [5, 5.41) is 5.38. The van der Waals surface area contributed by atoms with Crippen LogP contribution < -0.4 is 21.9 Å². The highest BCUT2D eigenvalue weighted by Gasteiger charge is 2.20. The van der Waals surface area contributed by atoms with Gasteiger partial charge in [-0.25, -0.2) is 4.79 Å². The minimum absolute atomic E-state index is 0.119. The zero-order valence-electron chi connectivity index (χ0n) is 17.5. The summed E-state index contributed by atoms with van der Waals surface area (Å²) in [5.74, 6) is -0.724. The maximum atomic E-state index is 13.1. The lowest BCUT2D eigenvalue weighted by molar-refractivity contribution is -0.114. The van der Waals surface area contributed by atoms with Crippen LogP contribution in [0.15, 0.2) is 70.4 Å². The van der Waals surface area contributed by atoms with Gasteiger partial charge in [0.2, 0.25) is 5.91 Å². The summed E-state index contributed by atoms with van der Waals surface area (Å²) in [6.45, 7) is 1.51. The number of amides is 2. The van der Waals surface area contributed by atoms with Crippen molar-refractivity contribution in [3.8, 4) is 0 Å². The van der Waals surface area contributed by atoms with Crippen molar-refractivity contribution in [3.63, 3.8) is 0 Å². The van der Waals surface area contributed by atoms with E-state index in [2.05, 4.69) is 15.6 Å². The van der Waals surface area contributed by atoms with Gasteiger partial charge in [-0.2, -0.15) is 0 Å². The first-order valence-electron chi connectivity index (χ1n) is 9.88. The molecule has 4 rings (SSSR count). The number of anilines is 2. The Morgan fingerprint density at radius 1 is 0.969 bits per heavy atom. The number of aromatic amines is 1. The molecule has 2 heterocycles. The van der Waals surface area contributed by atoms with Gasteiger partial charge < -0.3 is 20.2 Å². The molecule has 162 valence electrons.